The van der Waals surface area contributed by atoms with Gasteiger partial charge in [0.2, 0.25) is 0 Å². The number of anilines is 2. The highest BCUT2D eigenvalue weighted by Crippen LogP contribution is 2.41. The molecule has 0 fully saturated rings. The van der Waals surface area contributed by atoms with Gasteiger partial charge in [-0.05, 0) is 38.4 Å². The van der Waals surface area contributed by atoms with Crippen LogP contribution in [-0.2, 0) is 0 Å². The van der Waals surface area contributed by atoms with Crippen LogP contribution in [0.1, 0.15) is 0 Å². The molecule has 0 amide bonds. The highest BCUT2D eigenvalue weighted by molar-refractivity contribution is 5.86. The SMILES string of the molecule is CN(C)CCN1c2ccccc2-c2nccn2-c2ccccc21. The molecule has 0 saturated heterocycles. The minimum atomic E-state index is 0.936. The smallest absolute Gasteiger partial charge is 0.146 e. The van der Waals surface area contributed by atoms with Gasteiger partial charge in [0.05, 0.1) is 17.1 Å². The van der Waals surface area contributed by atoms with Gasteiger partial charge in [0, 0.05) is 31.0 Å². The van der Waals surface area contributed by atoms with Crippen LogP contribution in [0.15, 0.2) is 60.9 Å². The molecule has 4 heteroatoms. The van der Waals surface area contributed by atoms with Crippen LogP contribution in [-0.4, -0.2) is 41.6 Å². The largest absolute Gasteiger partial charge is 0.338 e. The summed E-state index contributed by atoms with van der Waals surface area (Å²) in [7, 11) is 4.22. The van der Waals surface area contributed by atoms with E-state index in [0.29, 0.717) is 0 Å². The second-order valence-electron chi connectivity index (χ2n) is 6.08. The van der Waals surface area contributed by atoms with Gasteiger partial charge in [-0.2, -0.15) is 0 Å². The van der Waals surface area contributed by atoms with Gasteiger partial charge in [0.1, 0.15) is 5.82 Å². The molecule has 0 bridgehead atoms. The zero-order chi connectivity index (χ0) is 15.8. The normalized spacial score (nSPS) is 12.6. The number of likely N-dealkylation sites (N-methyl/N-ethyl adjacent to an activating group) is 1. The van der Waals surface area contributed by atoms with E-state index in [0.717, 1.165) is 18.9 Å². The fourth-order valence-corrected chi connectivity index (χ4v) is 3.16. The highest BCUT2D eigenvalue weighted by atomic mass is 15.2. The van der Waals surface area contributed by atoms with E-state index in [1.807, 2.05) is 12.4 Å². The predicted molar refractivity (Wildman–Crippen MR) is 94.6 cm³/mol. The Hall–Kier alpha value is -2.59. The van der Waals surface area contributed by atoms with E-state index in [2.05, 4.69) is 82.0 Å². The molecule has 0 saturated carbocycles. The van der Waals surface area contributed by atoms with Crippen molar-refractivity contribution < 1.29 is 0 Å². The van der Waals surface area contributed by atoms with Crippen molar-refractivity contribution in [1.29, 1.82) is 0 Å². The standard InChI is InChI=1S/C19H20N4/c1-21(2)13-14-22-16-8-4-3-7-15(16)19-20-11-12-23(19)18-10-6-5-9-17(18)22/h3-12H,13-14H2,1-2H3. The Bertz CT molecular complexity index is 773. The van der Waals surface area contributed by atoms with Gasteiger partial charge in [0.15, 0.2) is 0 Å². The molecule has 1 aliphatic rings. The number of benzene rings is 2. The molecule has 23 heavy (non-hydrogen) atoms. The molecule has 0 N–H and O–H groups in total. The molecule has 1 aromatic heterocycles. The van der Waals surface area contributed by atoms with E-state index >= 15 is 0 Å². The van der Waals surface area contributed by atoms with Crippen LogP contribution in [0.5, 0.6) is 0 Å². The molecule has 2 heterocycles. The monoisotopic (exact) mass is 304 g/mol. The summed E-state index contributed by atoms with van der Waals surface area (Å²) < 4.78 is 2.18. The van der Waals surface area contributed by atoms with E-state index in [1.54, 1.807) is 0 Å². The highest BCUT2D eigenvalue weighted by Gasteiger charge is 2.24. The molecule has 0 unspecified atom stereocenters. The van der Waals surface area contributed by atoms with E-state index in [-0.39, 0.29) is 0 Å². The number of nitrogens with zero attached hydrogens (tertiary/aromatic N) is 4. The molecular formula is C19H20N4. The number of rotatable bonds is 3. The van der Waals surface area contributed by atoms with Crippen molar-refractivity contribution in [3.8, 4) is 17.1 Å². The molecule has 0 atom stereocenters. The second-order valence-corrected chi connectivity index (χ2v) is 6.08. The average molecular weight is 304 g/mol. The first-order valence-electron chi connectivity index (χ1n) is 7.90. The Balaban J connectivity index is 1.96. The lowest BCUT2D eigenvalue weighted by molar-refractivity contribution is 0.419. The van der Waals surface area contributed by atoms with Crippen LogP contribution in [0.3, 0.4) is 0 Å². The van der Waals surface area contributed by atoms with Gasteiger partial charge >= 0.3 is 0 Å². The van der Waals surface area contributed by atoms with Gasteiger partial charge in [-0.15, -0.1) is 0 Å². The fourth-order valence-electron chi connectivity index (χ4n) is 3.16. The lowest BCUT2D eigenvalue weighted by Gasteiger charge is -2.27. The summed E-state index contributed by atoms with van der Waals surface area (Å²) in [5.41, 5.74) is 4.78. The molecule has 4 rings (SSSR count). The van der Waals surface area contributed by atoms with Crippen molar-refractivity contribution in [2.24, 2.45) is 0 Å². The van der Waals surface area contributed by atoms with Gasteiger partial charge in [0.25, 0.3) is 0 Å². The second kappa shape index (κ2) is 5.56. The topological polar surface area (TPSA) is 24.3 Å². The predicted octanol–water partition coefficient (Wildman–Crippen LogP) is 3.55. The van der Waals surface area contributed by atoms with Gasteiger partial charge in [-0.1, -0.05) is 24.3 Å². The fraction of sp³-hybridized carbons (Fsp3) is 0.211. The number of hydrogen-bond acceptors (Lipinski definition) is 3. The number of fused-ring (bicyclic) bond motifs is 5. The summed E-state index contributed by atoms with van der Waals surface area (Å²) in [6.45, 7) is 1.93. The summed E-state index contributed by atoms with van der Waals surface area (Å²) in [5.74, 6) is 1.00. The summed E-state index contributed by atoms with van der Waals surface area (Å²) in [5, 5.41) is 0. The van der Waals surface area contributed by atoms with Crippen LogP contribution in [0, 0.1) is 0 Å². The van der Waals surface area contributed by atoms with Crippen LogP contribution in [0.2, 0.25) is 0 Å². The molecule has 3 aromatic rings. The molecule has 0 aliphatic carbocycles. The zero-order valence-electron chi connectivity index (χ0n) is 13.5. The van der Waals surface area contributed by atoms with Crippen molar-refractivity contribution in [1.82, 2.24) is 14.5 Å². The maximum atomic E-state index is 4.61. The van der Waals surface area contributed by atoms with Gasteiger partial charge in [-0.3, -0.25) is 4.57 Å². The van der Waals surface area contributed by atoms with Crippen molar-refractivity contribution in [2.75, 3.05) is 32.1 Å². The summed E-state index contributed by atoms with van der Waals surface area (Å²) in [4.78, 5) is 9.23. The number of aromatic nitrogens is 2. The van der Waals surface area contributed by atoms with Crippen molar-refractivity contribution >= 4 is 11.4 Å². The van der Waals surface area contributed by atoms with E-state index < -0.39 is 0 Å². The van der Waals surface area contributed by atoms with Crippen LogP contribution >= 0.6 is 0 Å². The Morgan fingerprint density at radius 2 is 1.61 bits per heavy atom. The Morgan fingerprint density at radius 3 is 2.39 bits per heavy atom. The van der Waals surface area contributed by atoms with Crippen molar-refractivity contribution in [3.63, 3.8) is 0 Å². The Labute approximate surface area is 136 Å². The average Bonchev–Trinajstić information content (AvgIpc) is 3.01. The molecule has 1 aliphatic heterocycles. The van der Waals surface area contributed by atoms with Crippen LogP contribution < -0.4 is 4.90 Å². The Morgan fingerprint density at radius 1 is 0.913 bits per heavy atom. The van der Waals surface area contributed by atoms with Gasteiger partial charge < -0.3 is 9.80 Å². The van der Waals surface area contributed by atoms with E-state index in [9.17, 15) is 0 Å². The third-order valence-corrected chi connectivity index (χ3v) is 4.28. The first-order chi connectivity index (χ1) is 11.3. The Kier molecular flexibility index (Phi) is 3.39. The molecule has 4 nitrogen and oxygen atoms in total. The van der Waals surface area contributed by atoms with Crippen molar-refractivity contribution in [2.45, 2.75) is 0 Å². The molecule has 0 spiro atoms. The molecule has 0 radical (unpaired) electrons. The lowest BCUT2D eigenvalue weighted by Crippen LogP contribution is -2.28. The maximum Gasteiger partial charge on any atom is 0.146 e. The number of hydrogen-bond donors (Lipinski definition) is 0. The maximum absolute atomic E-state index is 4.61. The number of imidazole rings is 1. The quantitative estimate of drug-likeness (QED) is 0.739. The number of para-hydroxylation sites is 3. The third-order valence-electron chi connectivity index (χ3n) is 4.28. The van der Waals surface area contributed by atoms with Crippen LogP contribution in [0.25, 0.3) is 17.1 Å². The summed E-state index contributed by atoms with van der Waals surface area (Å²) in [6.07, 6.45) is 3.92. The zero-order valence-corrected chi connectivity index (χ0v) is 13.5. The lowest BCUT2D eigenvalue weighted by atomic mass is 10.1. The van der Waals surface area contributed by atoms with E-state index in [1.165, 1.54) is 22.6 Å². The first-order valence-corrected chi connectivity index (χ1v) is 7.90. The summed E-state index contributed by atoms with van der Waals surface area (Å²) in [6, 6.07) is 17.1. The van der Waals surface area contributed by atoms with Crippen LogP contribution in [0.4, 0.5) is 11.4 Å². The van der Waals surface area contributed by atoms with Crippen molar-refractivity contribution in [3.05, 3.63) is 60.9 Å². The van der Waals surface area contributed by atoms with E-state index in [4.69, 9.17) is 0 Å². The molecule has 2 aromatic carbocycles. The van der Waals surface area contributed by atoms with Gasteiger partial charge in [-0.25, -0.2) is 4.98 Å². The minimum absolute atomic E-state index is 0.936. The summed E-state index contributed by atoms with van der Waals surface area (Å²) >= 11 is 0. The first kappa shape index (κ1) is 14.0. The third kappa shape index (κ3) is 2.32. The minimum Gasteiger partial charge on any atom is -0.338 e. The molecule has 116 valence electrons. The molecular weight excluding hydrogens is 284 g/mol.